The molecular weight excluding hydrogens is 264 g/mol. The van der Waals surface area contributed by atoms with Crippen molar-refractivity contribution >= 4 is 16.6 Å². The lowest BCUT2D eigenvalue weighted by molar-refractivity contribution is 0.533. The first kappa shape index (κ1) is 12.0. The molecule has 0 spiro atoms. The van der Waals surface area contributed by atoms with Crippen LogP contribution in [0.25, 0.3) is 16.6 Å². The quantitative estimate of drug-likeness (QED) is 0.565. The molecule has 0 aliphatic rings. The second kappa shape index (κ2) is 4.37. The maximum absolute atomic E-state index is 4.68. The van der Waals surface area contributed by atoms with E-state index >= 15 is 0 Å². The lowest BCUT2D eigenvalue weighted by Crippen LogP contribution is -2.09. The summed E-state index contributed by atoms with van der Waals surface area (Å²) < 4.78 is 3.60. The molecule has 4 rings (SSSR count). The summed E-state index contributed by atoms with van der Waals surface area (Å²) in [5.41, 5.74) is 2.73. The summed E-state index contributed by atoms with van der Waals surface area (Å²) in [6.45, 7) is 4.01. The van der Waals surface area contributed by atoms with E-state index in [1.165, 1.54) is 0 Å². The molecule has 0 radical (unpaired) electrons. The van der Waals surface area contributed by atoms with Crippen molar-refractivity contribution in [3.63, 3.8) is 0 Å². The van der Waals surface area contributed by atoms with E-state index in [1.54, 1.807) is 10.8 Å². The van der Waals surface area contributed by atoms with Gasteiger partial charge in [-0.2, -0.15) is 5.10 Å². The molecule has 104 valence electrons. The van der Waals surface area contributed by atoms with Gasteiger partial charge in [0, 0.05) is 11.6 Å². The fourth-order valence-corrected chi connectivity index (χ4v) is 2.44. The molecule has 0 unspecified atom stereocenters. The van der Waals surface area contributed by atoms with Crippen LogP contribution in [0.3, 0.4) is 0 Å². The maximum atomic E-state index is 4.68. The first-order valence-electron chi connectivity index (χ1n) is 6.84. The highest BCUT2D eigenvalue weighted by Gasteiger charge is 2.16. The van der Waals surface area contributed by atoms with Crippen LogP contribution in [0.15, 0.2) is 42.9 Å². The zero-order valence-corrected chi connectivity index (χ0v) is 11.8. The third-order valence-electron chi connectivity index (χ3n) is 3.61. The van der Waals surface area contributed by atoms with Crippen molar-refractivity contribution in [2.45, 2.75) is 19.9 Å². The fraction of sp³-hybridized carbons (Fsp3) is 0.200. The number of nitrogens with zero attached hydrogens (tertiary/aromatic N) is 6. The van der Waals surface area contributed by atoms with Gasteiger partial charge in [-0.1, -0.05) is 12.1 Å². The van der Waals surface area contributed by atoms with E-state index < -0.39 is 0 Å². The van der Waals surface area contributed by atoms with E-state index in [-0.39, 0.29) is 6.04 Å². The Balaban J connectivity index is 1.88. The highest BCUT2D eigenvalue weighted by Crippen LogP contribution is 2.19. The first-order chi connectivity index (χ1) is 10.2. The van der Waals surface area contributed by atoms with Gasteiger partial charge in [-0.25, -0.2) is 14.5 Å². The summed E-state index contributed by atoms with van der Waals surface area (Å²) in [6.07, 6.45) is 3.65. The molecule has 21 heavy (non-hydrogen) atoms. The highest BCUT2D eigenvalue weighted by atomic mass is 15.4. The molecule has 0 N–H and O–H groups in total. The maximum Gasteiger partial charge on any atom is 0.176 e. The molecule has 1 aromatic carbocycles. The molecule has 3 aromatic heterocycles. The molecule has 0 fully saturated rings. The molecular formula is C15H14N6. The Labute approximate surface area is 121 Å². The summed E-state index contributed by atoms with van der Waals surface area (Å²) in [5, 5.41) is 9.96. The van der Waals surface area contributed by atoms with Gasteiger partial charge in [-0.05, 0) is 32.0 Å². The highest BCUT2D eigenvalue weighted by molar-refractivity contribution is 5.90. The van der Waals surface area contributed by atoms with Crippen molar-refractivity contribution < 1.29 is 0 Å². The van der Waals surface area contributed by atoms with Gasteiger partial charge in [-0.3, -0.25) is 4.68 Å². The molecule has 3 heterocycles. The van der Waals surface area contributed by atoms with Crippen LogP contribution >= 0.6 is 0 Å². The second-order valence-electron chi connectivity index (χ2n) is 5.11. The molecule has 0 bridgehead atoms. The van der Waals surface area contributed by atoms with Crippen LogP contribution in [-0.2, 0) is 0 Å². The van der Waals surface area contributed by atoms with Crippen LogP contribution < -0.4 is 0 Å². The van der Waals surface area contributed by atoms with Crippen LogP contribution in [0.5, 0.6) is 0 Å². The molecule has 0 aliphatic carbocycles. The van der Waals surface area contributed by atoms with Crippen LogP contribution in [0.1, 0.15) is 24.5 Å². The summed E-state index contributed by atoms with van der Waals surface area (Å²) in [4.78, 5) is 9.07. The standard InChI is InChI=1S/C15H14N6/c1-10-7-8-20(18-10)11(2)14-17-15-12-5-3-4-6-13(12)16-9-21(15)19-14/h3-9,11H,1-2H3/t11-/m0/s1. The molecule has 0 saturated carbocycles. The van der Waals surface area contributed by atoms with E-state index in [1.807, 2.05) is 55.1 Å². The van der Waals surface area contributed by atoms with E-state index in [0.29, 0.717) is 0 Å². The zero-order chi connectivity index (χ0) is 14.4. The number of hydrogen-bond donors (Lipinski definition) is 0. The largest absolute Gasteiger partial charge is 0.262 e. The number of fused-ring (bicyclic) bond motifs is 3. The van der Waals surface area contributed by atoms with Crippen molar-refractivity contribution in [2.75, 3.05) is 0 Å². The zero-order valence-electron chi connectivity index (χ0n) is 11.8. The number of benzene rings is 1. The Morgan fingerprint density at radius 2 is 1.95 bits per heavy atom. The minimum Gasteiger partial charge on any atom is -0.262 e. The normalized spacial score (nSPS) is 13.0. The average molecular weight is 278 g/mol. The van der Waals surface area contributed by atoms with Crippen molar-refractivity contribution in [2.24, 2.45) is 0 Å². The Hall–Kier alpha value is -2.76. The lowest BCUT2D eigenvalue weighted by atomic mass is 10.2. The van der Waals surface area contributed by atoms with Gasteiger partial charge < -0.3 is 0 Å². The van der Waals surface area contributed by atoms with Gasteiger partial charge >= 0.3 is 0 Å². The monoisotopic (exact) mass is 278 g/mol. The van der Waals surface area contributed by atoms with Crippen molar-refractivity contribution in [1.29, 1.82) is 0 Å². The smallest absolute Gasteiger partial charge is 0.176 e. The van der Waals surface area contributed by atoms with Crippen molar-refractivity contribution in [3.05, 3.63) is 54.4 Å². The third kappa shape index (κ3) is 1.87. The molecule has 6 nitrogen and oxygen atoms in total. The lowest BCUT2D eigenvalue weighted by Gasteiger charge is -2.06. The number of rotatable bonds is 2. The van der Waals surface area contributed by atoms with Gasteiger partial charge in [-0.15, -0.1) is 5.10 Å². The Kier molecular flexibility index (Phi) is 2.50. The minimum atomic E-state index is -0.0163. The predicted octanol–water partition coefficient (Wildman–Crippen LogP) is 2.39. The number of aromatic nitrogens is 6. The van der Waals surface area contributed by atoms with E-state index in [9.17, 15) is 0 Å². The molecule has 6 heteroatoms. The molecule has 4 aromatic rings. The number of hydrogen-bond acceptors (Lipinski definition) is 4. The molecule has 0 saturated heterocycles. The Morgan fingerprint density at radius 1 is 1.10 bits per heavy atom. The third-order valence-corrected chi connectivity index (χ3v) is 3.61. The number of aryl methyl sites for hydroxylation is 1. The second-order valence-corrected chi connectivity index (χ2v) is 5.11. The Bertz CT molecular complexity index is 936. The number of para-hydroxylation sites is 1. The average Bonchev–Trinajstić information content (AvgIpc) is 3.12. The molecule has 0 aliphatic heterocycles. The van der Waals surface area contributed by atoms with Crippen molar-refractivity contribution in [1.82, 2.24) is 29.4 Å². The summed E-state index contributed by atoms with van der Waals surface area (Å²) in [7, 11) is 0. The van der Waals surface area contributed by atoms with E-state index in [4.69, 9.17) is 0 Å². The van der Waals surface area contributed by atoms with Gasteiger partial charge in [0.1, 0.15) is 12.4 Å². The Morgan fingerprint density at radius 3 is 2.76 bits per heavy atom. The molecule has 0 amide bonds. The topological polar surface area (TPSA) is 60.9 Å². The first-order valence-corrected chi connectivity index (χ1v) is 6.84. The van der Waals surface area contributed by atoms with Crippen LogP contribution in [0.2, 0.25) is 0 Å². The predicted molar refractivity (Wildman–Crippen MR) is 79.1 cm³/mol. The van der Waals surface area contributed by atoms with Crippen LogP contribution in [0.4, 0.5) is 0 Å². The van der Waals surface area contributed by atoms with Crippen LogP contribution in [-0.4, -0.2) is 29.4 Å². The fourth-order valence-electron chi connectivity index (χ4n) is 2.44. The van der Waals surface area contributed by atoms with Crippen LogP contribution in [0, 0.1) is 6.92 Å². The van der Waals surface area contributed by atoms with Gasteiger partial charge in [0.15, 0.2) is 11.5 Å². The van der Waals surface area contributed by atoms with Gasteiger partial charge in [0.05, 0.1) is 11.2 Å². The van der Waals surface area contributed by atoms with E-state index in [0.717, 1.165) is 28.1 Å². The summed E-state index contributed by atoms with van der Waals surface area (Å²) in [6, 6.07) is 9.90. The van der Waals surface area contributed by atoms with E-state index in [2.05, 4.69) is 20.2 Å². The van der Waals surface area contributed by atoms with Crippen molar-refractivity contribution in [3.8, 4) is 0 Å². The SMILES string of the molecule is Cc1ccn([C@@H](C)c2nc3c4ccccc4ncn3n2)n1. The molecule has 1 atom stereocenters. The van der Waals surface area contributed by atoms with Gasteiger partial charge in [0.25, 0.3) is 0 Å². The summed E-state index contributed by atoms with van der Waals surface area (Å²) in [5.74, 6) is 0.733. The minimum absolute atomic E-state index is 0.0163. The summed E-state index contributed by atoms with van der Waals surface area (Å²) >= 11 is 0. The van der Waals surface area contributed by atoms with Gasteiger partial charge in [0.2, 0.25) is 0 Å².